The topological polar surface area (TPSA) is 49.7 Å². The lowest BCUT2D eigenvalue weighted by Gasteiger charge is -2.59. The Hall–Kier alpha value is -0.0900. The Balaban J connectivity index is 0.000000711. The highest BCUT2D eigenvalue weighted by Crippen LogP contribution is 2.67. The van der Waals surface area contributed by atoms with Crippen molar-refractivity contribution in [3.8, 4) is 0 Å². The van der Waals surface area contributed by atoms with Gasteiger partial charge in [-0.05, 0) is 124 Å². The Morgan fingerprint density at radius 2 is 1.59 bits per heavy atom. The normalized spacial score (nSPS) is 42.9. The molecule has 2 N–H and O–H groups in total. The van der Waals surface area contributed by atoms with Gasteiger partial charge in [-0.25, -0.2) is 0 Å². The van der Waals surface area contributed by atoms with Crippen LogP contribution >= 0.6 is 11.6 Å². The molecule has 3 nitrogen and oxygen atoms in total. The second-order valence-corrected chi connectivity index (χ2v) is 14.2. The van der Waals surface area contributed by atoms with E-state index in [-0.39, 0.29) is 0 Å². The van der Waals surface area contributed by atoms with Gasteiger partial charge in [0.25, 0.3) is 0 Å². The predicted octanol–water partition coefficient (Wildman–Crippen LogP) is 8.55. The number of ether oxygens (including phenoxy) is 1. The Kier molecular flexibility index (Phi) is 10.7. The molecule has 4 fully saturated rings. The minimum absolute atomic E-state index is 0.322. The predicted molar refractivity (Wildman–Crippen MR) is 157 cm³/mol. The van der Waals surface area contributed by atoms with Gasteiger partial charge in [0.1, 0.15) is 0 Å². The number of hydrogen-bond donors (Lipinski definition) is 2. The molecule has 1 aliphatic heterocycles. The molecule has 216 valence electrons. The first-order valence-electron chi connectivity index (χ1n) is 15.6. The minimum atomic E-state index is -0.496. The van der Waals surface area contributed by atoms with Gasteiger partial charge in [-0.15, -0.1) is 11.6 Å². The van der Waals surface area contributed by atoms with E-state index in [2.05, 4.69) is 52.3 Å². The van der Waals surface area contributed by atoms with Crippen molar-refractivity contribution in [3.63, 3.8) is 0 Å². The molecule has 37 heavy (non-hydrogen) atoms. The quantitative estimate of drug-likeness (QED) is 0.278. The summed E-state index contributed by atoms with van der Waals surface area (Å²) >= 11 is 4.64. The third-order valence-electron chi connectivity index (χ3n) is 11.6. The molecule has 6 unspecified atom stereocenters. The summed E-state index contributed by atoms with van der Waals surface area (Å²) < 4.78 is 5.49. The maximum absolute atomic E-state index is 11.0. The van der Waals surface area contributed by atoms with E-state index in [0.717, 1.165) is 75.4 Å². The minimum Gasteiger partial charge on any atom is -0.390 e. The molecule has 0 aromatic carbocycles. The van der Waals surface area contributed by atoms with Crippen LogP contribution in [0.25, 0.3) is 0 Å². The van der Waals surface area contributed by atoms with E-state index < -0.39 is 11.2 Å². The molecule has 0 spiro atoms. The highest BCUT2D eigenvalue weighted by molar-refractivity contribution is 6.15. The zero-order chi connectivity index (χ0) is 27.5. The summed E-state index contributed by atoms with van der Waals surface area (Å²) in [7, 11) is 0. The zero-order valence-corrected chi connectivity index (χ0v) is 26.0. The van der Waals surface area contributed by atoms with Gasteiger partial charge < -0.3 is 14.9 Å². The lowest BCUT2D eigenvalue weighted by Crippen LogP contribution is -2.52. The summed E-state index contributed by atoms with van der Waals surface area (Å²) in [6, 6.07) is 0. The van der Waals surface area contributed by atoms with Crippen LogP contribution in [0.15, 0.2) is 11.6 Å². The first-order valence-corrected chi connectivity index (χ1v) is 16.3. The van der Waals surface area contributed by atoms with Crippen molar-refractivity contribution >= 4 is 11.6 Å². The van der Waals surface area contributed by atoms with Gasteiger partial charge in [-0.2, -0.15) is 0 Å². The molecule has 5 aliphatic rings. The van der Waals surface area contributed by atoms with Gasteiger partial charge in [0.2, 0.25) is 0 Å². The van der Waals surface area contributed by atoms with E-state index in [1.54, 1.807) is 5.57 Å². The van der Waals surface area contributed by atoms with Crippen molar-refractivity contribution in [1.82, 2.24) is 0 Å². The summed E-state index contributed by atoms with van der Waals surface area (Å²) in [6.45, 7) is 15.4. The maximum Gasteiger partial charge on any atom is 0.0691 e. The summed E-state index contributed by atoms with van der Waals surface area (Å²) in [5, 5.41) is 21.7. The summed E-state index contributed by atoms with van der Waals surface area (Å²) in [4.78, 5) is 0. The van der Waals surface area contributed by atoms with Gasteiger partial charge >= 0.3 is 0 Å². The molecule has 4 heteroatoms. The van der Waals surface area contributed by atoms with Crippen LogP contribution in [0.2, 0.25) is 0 Å². The van der Waals surface area contributed by atoms with Crippen molar-refractivity contribution < 1.29 is 14.9 Å². The number of allylic oxidation sites excluding steroid dienone is 1. The van der Waals surface area contributed by atoms with Crippen LogP contribution in [0.3, 0.4) is 0 Å². The third kappa shape index (κ3) is 6.47. The van der Waals surface area contributed by atoms with Crippen LogP contribution in [0, 0.1) is 40.4 Å². The van der Waals surface area contributed by atoms with Gasteiger partial charge in [-0.3, -0.25) is 0 Å². The average molecular weight is 539 g/mol. The number of rotatable bonds is 4. The van der Waals surface area contributed by atoms with Gasteiger partial charge in [-0.1, -0.05) is 52.7 Å². The second kappa shape index (κ2) is 12.6. The SMILES string of the molecule is CC(CCC1(O)CCOCC1)[C@H]1CCC2C3CC=C4C[C@@](C)(O)CCC4(C)C3CCC21C.CCC.CCl. The molecule has 0 aromatic heterocycles. The Bertz CT molecular complexity index is 757. The van der Waals surface area contributed by atoms with Crippen LogP contribution in [0.1, 0.15) is 125 Å². The highest BCUT2D eigenvalue weighted by Gasteiger charge is 2.59. The molecule has 0 amide bonds. The molecular weight excluding hydrogens is 480 g/mol. The van der Waals surface area contributed by atoms with E-state index in [9.17, 15) is 10.2 Å². The largest absolute Gasteiger partial charge is 0.390 e. The van der Waals surface area contributed by atoms with Crippen molar-refractivity contribution in [2.24, 2.45) is 40.4 Å². The van der Waals surface area contributed by atoms with E-state index in [1.165, 1.54) is 51.3 Å². The fourth-order valence-electron chi connectivity index (χ4n) is 9.48. The van der Waals surface area contributed by atoms with Crippen LogP contribution in [0.4, 0.5) is 0 Å². The smallest absolute Gasteiger partial charge is 0.0691 e. The van der Waals surface area contributed by atoms with Crippen LogP contribution < -0.4 is 0 Å². The fourth-order valence-corrected chi connectivity index (χ4v) is 9.48. The average Bonchev–Trinajstić information content (AvgIpc) is 3.22. The lowest BCUT2D eigenvalue weighted by molar-refractivity contribution is -0.0804. The molecule has 8 atom stereocenters. The van der Waals surface area contributed by atoms with Crippen LogP contribution in [-0.4, -0.2) is 41.0 Å². The Labute approximate surface area is 234 Å². The molecule has 1 heterocycles. The van der Waals surface area contributed by atoms with Crippen LogP contribution in [0.5, 0.6) is 0 Å². The zero-order valence-electron chi connectivity index (χ0n) is 25.3. The highest BCUT2D eigenvalue weighted by atomic mass is 35.5. The van der Waals surface area contributed by atoms with Crippen molar-refractivity contribution in [1.29, 1.82) is 0 Å². The van der Waals surface area contributed by atoms with E-state index >= 15 is 0 Å². The van der Waals surface area contributed by atoms with Crippen LogP contribution in [-0.2, 0) is 4.74 Å². The Morgan fingerprint density at radius 1 is 0.946 bits per heavy atom. The monoisotopic (exact) mass is 538 g/mol. The van der Waals surface area contributed by atoms with Gasteiger partial charge in [0, 0.05) is 19.6 Å². The number of halogens is 1. The second-order valence-electron chi connectivity index (χ2n) is 14.2. The van der Waals surface area contributed by atoms with E-state index in [4.69, 9.17) is 4.74 Å². The first-order chi connectivity index (χ1) is 17.5. The maximum atomic E-state index is 11.0. The van der Waals surface area contributed by atoms with Gasteiger partial charge in [0.05, 0.1) is 11.2 Å². The van der Waals surface area contributed by atoms with Crippen molar-refractivity contribution in [3.05, 3.63) is 11.6 Å². The number of fused-ring (bicyclic) bond motifs is 5. The van der Waals surface area contributed by atoms with E-state index in [1.807, 2.05) is 6.92 Å². The Morgan fingerprint density at radius 3 is 2.24 bits per heavy atom. The molecule has 5 rings (SSSR count). The fraction of sp³-hybridized carbons (Fsp3) is 0.939. The molecule has 0 bridgehead atoms. The van der Waals surface area contributed by atoms with E-state index in [0.29, 0.717) is 16.7 Å². The molecule has 3 saturated carbocycles. The molecule has 4 aliphatic carbocycles. The lowest BCUT2D eigenvalue weighted by atomic mass is 9.46. The first kappa shape index (κ1) is 31.4. The van der Waals surface area contributed by atoms with Gasteiger partial charge in [0.15, 0.2) is 0 Å². The summed E-state index contributed by atoms with van der Waals surface area (Å²) in [6.07, 6.45) is 18.8. The van der Waals surface area contributed by atoms with Crippen molar-refractivity contribution in [2.75, 3.05) is 19.6 Å². The third-order valence-corrected chi connectivity index (χ3v) is 11.6. The number of aliphatic hydroxyl groups is 2. The molecule has 0 aromatic rings. The number of hydrogen-bond acceptors (Lipinski definition) is 3. The van der Waals surface area contributed by atoms with Crippen molar-refractivity contribution in [2.45, 2.75) is 136 Å². The molecular formula is C33H59ClO3. The molecule has 0 radical (unpaired) electrons. The number of alkyl halides is 1. The molecule has 1 saturated heterocycles. The standard InChI is InChI=1S/C29H48O3.C3H8.CH3Cl/c1-20(9-12-29(31)15-17-32-18-16-29)23-7-8-24-22-6-5-21-19-26(2,30)13-14-27(21,3)25(22)10-11-28(23,24)4;1-3-2;1-2/h5,20,22-25,30-31H,6-19H2,1-4H3;3H2,1-2H3;1H3/t20?,22?,23-,24?,25?,26+,27?,28?;;/m1../s1. The summed E-state index contributed by atoms with van der Waals surface area (Å²) in [5.74, 6) is 4.01. The summed E-state index contributed by atoms with van der Waals surface area (Å²) in [5.41, 5.74) is 1.39.